The van der Waals surface area contributed by atoms with Gasteiger partial charge in [-0.05, 0) is 42.3 Å². The fraction of sp³-hybridized carbons (Fsp3) is 0.278. The highest BCUT2D eigenvalue weighted by atomic mass is 35.5. The Bertz CT molecular complexity index is 661. The molecule has 2 aromatic carbocycles. The van der Waals surface area contributed by atoms with Gasteiger partial charge in [0.05, 0.1) is 13.2 Å². The number of rotatable bonds is 7. The van der Waals surface area contributed by atoms with Gasteiger partial charge in [-0.2, -0.15) is 0 Å². The number of hydrogen-bond acceptors (Lipinski definition) is 3. The molecule has 0 saturated heterocycles. The highest BCUT2D eigenvalue weighted by Gasteiger charge is 2.19. The summed E-state index contributed by atoms with van der Waals surface area (Å²) in [6, 6.07) is 14.8. The summed E-state index contributed by atoms with van der Waals surface area (Å²) < 4.78 is 5.28. The van der Waals surface area contributed by atoms with Gasteiger partial charge in [-0.1, -0.05) is 41.9 Å². The predicted molar refractivity (Wildman–Crippen MR) is 92.7 cm³/mol. The summed E-state index contributed by atoms with van der Waals surface area (Å²) in [5.74, 6) is 0.680. The Morgan fingerprint density at radius 2 is 2.04 bits per heavy atom. The lowest BCUT2D eigenvalue weighted by Gasteiger charge is -2.21. The standard InChI is InChI=1S/C18H21ClN2O2/c1-23-14-7-4-6-13(12-14)18(21-17(22)10-5-11-20)15-8-2-3-9-16(15)19/h2-4,6-9,12,18H,5,10-11,20H2,1H3,(H,21,22). The zero-order valence-electron chi connectivity index (χ0n) is 13.1. The molecule has 4 nitrogen and oxygen atoms in total. The van der Waals surface area contributed by atoms with Gasteiger partial charge < -0.3 is 15.8 Å². The van der Waals surface area contributed by atoms with Crippen LogP contribution in [0.5, 0.6) is 5.75 Å². The van der Waals surface area contributed by atoms with Crippen LogP contribution in [0, 0.1) is 0 Å². The maximum Gasteiger partial charge on any atom is 0.220 e. The van der Waals surface area contributed by atoms with Crippen molar-refractivity contribution in [1.82, 2.24) is 5.32 Å². The molecule has 1 atom stereocenters. The maximum atomic E-state index is 12.2. The Kier molecular flexibility index (Phi) is 6.44. The number of carbonyl (C=O) groups excluding carboxylic acids is 1. The van der Waals surface area contributed by atoms with Crippen molar-refractivity contribution >= 4 is 17.5 Å². The summed E-state index contributed by atoms with van der Waals surface area (Å²) in [5, 5.41) is 3.65. The lowest BCUT2D eigenvalue weighted by Crippen LogP contribution is -2.29. The van der Waals surface area contributed by atoms with E-state index in [0.717, 1.165) is 16.9 Å². The predicted octanol–water partition coefficient (Wildman–Crippen LogP) is 3.29. The average molecular weight is 333 g/mol. The van der Waals surface area contributed by atoms with Crippen molar-refractivity contribution in [2.45, 2.75) is 18.9 Å². The quantitative estimate of drug-likeness (QED) is 0.817. The van der Waals surface area contributed by atoms with Gasteiger partial charge in [0.15, 0.2) is 0 Å². The molecule has 1 amide bonds. The van der Waals surface area contributed by atoms with E-state index in [1.54, 1.807) is 7.11 Å². The van der Waals surface area contributed by atoms with Crippen LogP contribution < -0.4 is 15.8 Å². The molecule has 2 rings (SSSR count). The van der Waals surface area contributed by atoms with E-state index in [0.29, 0.717) is 24.4 Å². The number of nitrogens with one attached hydrogen (secondary N) is 1. The van der Waals surface area contributed by atoms with Gasteiger partial charge in [0, 0.05) is 11.4 Å². The summed E-state index contributed by atoms with van der Waals surface area (Å²) in [6.45, 7) is 0.489. The third kappa shape index (κ3) is 4.71. The molecule has 0 fully saturated rings. The first-order chi connectivity index (χ1) is 11.2. The zero-order chi connectivity index (χ0) is 16.7. The molecule has 122 valence electrons. The Balaban J connectivity index is 2.34. The number of halogens is 1. The minimum atomic E-state index is -0.330. The van der Waals surface area contributed by atoms with E-state index in [4.69, 9.17) is 22.1 Å². The van der Waals surface area contributed by atoms with E-state index >= 15 is 0 Å². The van der Waals surface area contributed by atoms with Crippen LogP contribution in [-0.4, -0.2) is 19.6 Å². The van der Waals surface area contributed by atoms with Crippen LogP contribution in [-0.2, 0) is 4.79 Å². The van der Waals surface area contributed by atoms with Crippen LogP contribution in [0.1, 0.15) is 30.0 Å². The molecule has 0 aliphatic heterocycles. The molecule has 1 unspecified atom stereocenters. The van der Waals surface area contributed by atoms with Crippen molar-refractivity contribution in [1.29, 1.82) is 0 Å². The smallest absolute Gasteiger partial charge is 0.220 e. The number of carbonyl (C=O) groups is 1. The summed E-state index contributed by atoms with van der Waals surface area (Å²) in [4.78, 5) is 12.2. The number of methoxy groups -OCH3 is 1. The molecule has 3 N–H and O–H groups in total. The van der Waals surface area contributed by atoms with E-state index in [-0.39, 0.29) is 11.9 Å². The van der Waals surface area contributed by atoms with Gasteiger partial charge in [0.2, 0.25) is 5.91 Å². The summed E-state index contributed by atoms with van der Waals surface area (Å²) in [7, 11) is 1.61. The molecule has 0 bridgehead atoms. The first kappa shape index (κ1) is 17.3. The molecule has 2 aromatic rings. The molecular weight excluding hydrogens is 312 g/mol. The molecule has 0 aliphatic rings. The van der Waals surface area contributed by atoms with E-state index in [9.17, 15) is 4.79 Å². The zero-order valence-corrected chi connectivity index (χ0v) is 13.8. The number of amides is 1. The van der Waals surface area contributed by atoms with E-state index in [1.165, 1.54) is 0 Å². The van der Waals surface area contributed by atoms with Crippen LogP contribution in [0.25, 0.3) is 0 Å². The van der Waals surface area contributed by atoms with E-state index < -0.39 is 0 Å². The summed E-state index contributed by atoms with van der Waals surface area (Å²) in [5.41, 5.74) is 7.24. The molecule has 0 heterocycles. The van der Waals surface area contributed by atoms with Gasteiger partial charge in [0.1, 0.15) is 5.75 Å². The number of benzene rings is 2. The maximum absolute atomic E-state index is 12.2. The first-order valence-corrected chi connectivity index (χ1v) is 7.91. The van der Waals surface area contributed by atoms with Gasteiger partial charge in [0.25, 0.3) is 0 Å². The third-order valence-electron chi connectivity index (χ3n) is 3.56. The number of ether oxygens (including phenoxy) is 1. The normalized spacial score (nSPS) is 11.8. The fourth-order valence-corrected chi connectivity index (χ4v) is 2.61. The summed E-state index contributed by atoms with van der Waals surface area (Å²) >= 11 is 6.33. The molecule has 0 aliphatic carbocycles. The SMILES string of the molecule is COc1cccc(C(NC(=O)CCCN)c2ccccc2Cl)c1. The van der Waals surface area contributed by atoms with Crippen LogP contribution in [0.4, 0.5) is 0 Å². The lowest BCUT2D eigenvalue weighted by molar-refractivity contribution is -0.121. The second-order valence-corrected chi connectivity index (χ2v) is 5.60. The largest absolute Gasteiger partial charge is 0.497 e. The average Bonchev–Trinajstić information content (AvgIpc) is 2.58. The second-order valence-electron chi connectivity index (χ2n) is 5.19. The van der Waals surface area contributed by atoms with Crippen LogP contribution in [0.3, 0.4) is 0 Å². The lowest BCUT2D eigenvalue weighted by atomic mass is 9.98. The van der Waals surface area contributed by atoms with Crippen LogP contribution in [0.15, 0.2) is 48.5 Å². The van der Waals surface area contributed by atoms with Crippen molar-refractivity contribution < 1.29 is 9.53 Å². The topological polar surface area (TPSA) is 64.3 Å². The summed E-state index contributed by atoms with van der Waals surface area (Å²) in [6.07, 6.45) is 1.04. The minimum Gasteiger partial charge on any atom is -0.497 e. The first-order valence-electron chi connectivity index (χ1n) is 7.53. The van der Waals surface area contributed by atoms with Crippen molar-refractivity contribution in [3.05, 3.63) is 64.7 Å². The highest BCUT2D eigenvalue weighted by Crippen LogP contribution is 2.30. The van der Waals surface area contributed by atoms with Crippen molar-refractivity contribution in [2.24, 2.45) is 5.73 Å². The molecule has 5 heteroatoms. The Morgan fingerprint density at radius 3 is 2.74 bits per heavy atom. The Hall–Kier alpha value is -2.04. The van der Waals surface area contributed by atoms with E-state index in [1.807, 2.05) is 48.5 Å². The van der Waals surface area contributed by atoms with E-state index in [2.05, 4.69) is 5.32 Å². The Morgan fingerprint density at radius 1 is 1.26 bits per heavy atom. The molecular formula is C18H21ClN2O2. The van der Waals surface area contributed by atoms with Crippen molar-refractivity contribution in [3.63, 3.8) is 0 Å². The molecule has 0 radical (unpaired) electrons. The minimum absolute atomic E-state index is 0.0526. The number of hydrogen-bond donors (Lipinski definition) is 2. The molecule has 23 heavy (non-hydrogen) atoms. The monoisotopic (exact) mass is 332 g/mol. The second kappa shape index (κ2) is 8.56. The highest BCUT2D eigenvalue weighted by molar-refractivity contribution is 6.31. The Labute approximate surface area is 141 Å². The van der Waals surface area contributed by atoms with Crippen molar-refractivity contribution in [2.75, 3.05) is 13.7 Å². The van der Waals surface area contributed by atoms with Gasteiger partial charge in [-0.15, -0.1) is 0 Å². The van der Waals surface area contributed by atoms with Crippen molar-refractivity contribution in [3.8, 4) is 5.75 Å². The van der Waals surface area contributed by atoms with Crippen LogP contribution >= 0.6 is 11.6 Å². The van der Waals surface area contributed by atoms with Gasteiger partial charge >= 0.3 is 0 Å². The van der Waals surface area contributed by atoms with Gasteiger partial charge in [-0.25, -0.2) is 0 Å². The number of nitrogens with two attached hydrogens (primary N) is 1. The third-order valence-corrected chi connectivity index (χ3v) is 3.90. The molecule has 0 aromatic heterocycles. The molecule has 0 spiro atoms. The molecule has 0 saturated carbocycles. The van der Waals surface area contributed by atoms with Crippen LogP contribution in [0.2, 0.25) is 5.02 Å². The van der Waals surface area contributed by atoms with Gasteiger partial charge in [-0.3, -0.25) is 4.79 Å². The fourth-order valence-electron chi connectivity index (χ4n) is 2.37.